The lowest BCUT2D eigenvalue weighted by Gasteiger charge is -2.24. The van der Waals surface area contributed by atoms with E-state index in [0.717, 1.165) is 5.56 Å². The Bertz CT molecular complexity index is 1960. The van der Waals surface area contributed by atoms with Gasteiger partial charge in [-0.2, -0.15) is 0 Å². The van der Waals surface area contributed by atoms with E-state index in [9.17, 15) is 14.4 Å². The number of allylic oxidation sites excluding steroid dienone is 1. The molecular weight excluding hydrogens is 628 g/mol. The molecule has 5 rings (SSSR count). The number of aromatic nitrogens is 1. The Labute approximate surface area is 275 Å². The summed E-state index contributed by atoms with van der Waals surface area (Å²) in [6, 6.07) is 18.7. The molecule has 1 aromatic heterocycles. The maximum absolute atomic E-state index is 14.1. The Morgan fingerprint density at radius 2 is 1.61 bits per heavy atom. The fourth-order valence-electron chi connectivity index (χ4n) is 5.04. The van der Waals surface area contributed by atoms with Gasteiger partial charge in [0.05, 0.1) is 47.2 Å². The van der Waals surface area contributed by atoms with E-state index in [-0.39, 0.29) is 24.7 Å². The molecule has 0 unspecified atom stereocenters. The fourth-order valence-corrected chi connectivity index (χ4v) is 6.26. The van der Waals surface area contributed by atoms with Crippen molar-refractivity contribution in [2.75, 3.05) is 19.8 Å². The molecule has 0 amide bonds. The molecule has 0 bridgehead atoms. The van der Waals surface area contributed by atoms with Gasteiger partial charge in [-0.3, -0.25) is 9.36 Å². The molecule has 238 valence electrons. The molecule has 0 fully saturated rings. The van der Waals surface area contributed by atoms with Crippen molar-refractivity contribution in [3.05, 3.63) is 125 Å². The molecule has 9 nitrogen and oxygen atoms in total. The quantitative estimate of drug-likeness (QED) is 0.193. The van der Waals surface area contributed by atoms with Crippen LogP contribution < -0.4 is 24.4 Å². The average Bonchev–Trinajstić information content (AvgIpc) is 3.34. The van der Waals surface area contributed by atoms with E-state index in [0.29, 0.717) is 67.0 Å². The van der Waals surface area contributed by atoms with Crippen LogP contribution in [-0.4, -0.2) is 36.3 Å². The number of carbonyl (C=O) groups is 2. The molecule has 11 heteroatoms. The van der Waals surface area contributed by atoms with Crippen LogP contribution in [0.25, 0.3) is 6.08 Å². The molecule has 46 heavy (non-hydrogen) atoms. The molecule has 0 N–H and O–H groups in total. The summed E-state index contributed by atoms with van der Waals surface area (Å²) >= 11 is 7.58. The molecule has 2 heterocycles. The number of esters is 2. The van der Waals surface area contributed by atoms with Crippen LogP contribution in [0.2, 0.25) is 5.02 Å². The van der Waals surface area contributed by atoms with Crippen LogP contribution in [0.15, 0.2) is 87.8 Å². The molecule has 4 aromatic rings. The van der Waals surface area contributed by atoms with Crippen molar-refractivity contribution in [2.45, 2.75) is 40.3 Å². The highest BCUT2D eigenvalue weighted by Crippen LogP contribution is 2.32. The van der Waals surface area contributed by atoms with Gasteiger partial charge in [0.15, 0.2) is 4.80 Å². The molecular formula is C35H33ClN2O7S. The normalized spacial score (nSPS) is 14.4. The Morgan fingerprint density at radius 1 is 0.913 bits per heavy atom. The van der Waals surface area contributed by atoms with Crippen molar-refractivity contribution in [3.8, 4) is 11.5 Å². The summed E-state index contributed by atoms with van der Waals surface area (Å²) in [7, 11) is 0. The second-order valence-corrected chi connectivity index (χ2v) is 11.6. The molecule has 0 saturated heterocycles. The third-order valence-electron chi connectivity index (χ3n) is 7.14. The standard InChI is InChI=1S/C35H33ClN2O7S/c1-5-42-27-15-12-23(13-16-27)31-30(34(41)44-7-3)21(4)37-35-38(31)32(39)29(46-35)19-25-18-26(36)14-17-28(25)45-20-22-8-10-24(11-9-22)33(40)43-6-2/h8-19,31H,5-7,20H2,1-4H3/b29-19-/t31-/m1/s1. The largest absolute Gasteiger partial charge is 0.494 e. The van der Waals surface area contributed by atoms with Gasteiger partial charge in [0.25, 0.3) is 5.56 Å². The first-order valence-corrected chi connectivity index (χ1v) is 16.0. The predicted octanol–water partition coefficient (Wildman–Crippen LogP) is 5.61. The topological polar surface area (TPSA) is 105 Å². The maximum Gasteiger partial charge on any atom is 0.338 e. The molecule has 3 aromatic carbocycles. The number of ether oxygens (including phenoxy) is 4. The maximum atomic E-state index is 14.1. The number of rotatable bonds is 11. The van der Waals surface area contributed by atoms with E-state index in [2.05, 4.69) is 4.99 Å². The van der Waals surface area contributed by atoms with E-state index < -0.39 is 12.0 Å². The molecule has 0 aliphatic carbocycles. The number of hydrogen-bond donors (Lipinski definition) is 0. The van der Waals surface area contributed by atoms with Crippen LogP contribution in [0, 0.1) is 0 Å². The third kappa shape index (κ3) is 7.08. The zero-order valence-corrected chi connectivity index (χ0v) is 27.4. The highest BCUT2D eigenvalue weighted by atomic mass is 35.5. The van der Waals surface area contributed by atoms with Crippen LogP contribution in [0.5, 0.6) is 11.5 Å². The van der Waals surface area contributed by atoms with Gasteiger partial charge >= 0.3 is 11.9 Å². The Morgan fingerprint density at radius 3 is 2.28 bits per heavy atom. The number of nitrogens with zero attached hydrogens (tertiary/aromatic N) is 2. The summed E-state index contributed by atoms with van der Waals surface area (Å²) in [4.78, 5) is 44.4. The number of thiazole rings is 1. The van der Waals surface area contributed by atoms with Crippen molar-refractivity contribution in [1.29, 1.82) is 0 Å². The third-order valence-corrected chi connectivity index (χ3v) is 8.36. The van der Waals surface area contributed by atoms with Crippen LogP contribution in [0.3, 0.4) is 0 Å². The van der Waals surface area contributed by atoms with Crippen LogP contribution in [0.1, 0.15) is 60.8 Å². The Hall–Kier alpha value is -4.67. The first kappa shape index (κ1) is 32.7. The van der Waals surface area contributed by atoms with E-state index in [1.807, 2.05) is 31.2 Å². The number of halogens is 1. The first-order chi connectivity index (χ1) is 22.2. The van der Waals surface area contributed by atoms with Gasteiger partial charge in [-0.05, 0) is 87.4 Å². The van der Waals surface area contributed by atoms with Crippen LogP contribution in [0.4, 0.5) is 0 Å². The SMILES string of the molecule is CCOC(=O)C1=C(C)N=c2s/c(=C\c3cc(Cl)ccc3OCc3ccc(C(=O)OCC)cc3)c(=O)n2[C@@H]1c1ccc(OCC)cc1. The van der Waals surface area contributed by atoms with Gasteiger partial charge < -0.3 is 18.9 Å². The second kappa shape index (κ2) is 14.6. The summed E-state index contributed by atoms with van der Waals surface area (Å²) in [6.07, 6.45) is 1.72. The minimum absolute atomic E-state index is 0.184. The molecule has 0 spiro atoms. The van der Waals surface area contributed by atoms with Crippen molar-refractivity contribution in [1.82, 2.24) is 4.57 Å². The lowest BCUT2D eigenvalue weighted by molar-refractivity contribution is -0.139. The van der Waals surface area contributed by atoms with Crippen molar-refractivity contribution < 1.29 is 28.5 Å². The smallest absolute Gasteiger partial charge is 0.338 e. The fraction of sp³-hybridized carbons (Fsp3) is 0.257. The van der Waals surface area contributed by atoms with Crippen molar-refractivity contribution in [3.63, 3.8) is 0 Å². The summed E-state index contributed by atoms with van der Waals surface area (Å²) < 4.78 is 24.1. The number of benzene rings is 3. The van der Waals surface area contributed by atoms with E-state index in [1.54, 1.807) is 69.3 Å². The number of fused-ring (bicyclic) bond motifs is 1. The lowest BCUT2D eigenvalue weighted by Crippen LogP contribution is -2.39. The van der Waals surface area contributed by atoms with Gasteiger partial charge in [-0.1, -0.05) is 47.2 Å². The van der Waals surface area contributed by atoms with E-state index in [1.165, 1.54) is 15.9 Å². The zero-order valence-electron chi connectivity index (χ0n) is 25.9. The second-order valence-electron chi connectivity index (χ2n) is 10.2. The van der Waals surface area contributed by atoms with Gasteiger partial charge in [-0.15, -0.1) is 0 Å². The van der Waals surface area contributed by atoms with E-state index in [4.69, 9.17) is 30.5 Å². The molecule has 1 atom stereocenters. The monoisotopic (exact) mass is 660 g/mol. The molecule has 1 aliphatic rings. The summed E-state index contributed by atoms with van der Waals surface area (Å²) in [5.41, 5.74) is 3.06. The van der Waals surface area contributed by atoms with Gasteiger partial charge in [0.2, 0.25) is 0 Å². The summed E-state index contributed by atoms with van der Waals surface area (Å²) in [5, 5.41) is 0.470. The highest BCUT2D eigenvalue weighted by Gasteiger charge is 2.33. The summed E-state index contributed by atoms with van der Waals surface area (Å²) in [6.45, 7) is 8.35. The Balaban J connectivity index is 1.53. The Kier molecular flexibility index (Phi) is 10.4. The van der Waals surface area contributed by atoms with Gasteiger partial charge in [0.1, 0.15) is 18.1 Å². The molecule has 0 saturated carbocycles. The zero-order chi connectivity index (χ0) is 32.8. The minimum Gasteiger partial charge on any atom is -0.494 e. The summed E-state index contributed by atoms with van der Waals surface area (Å²) in [5.74, 6) is 0.278. The minimum atomic E-state index is -0.749. The van der Waals surface area contributed by atoms with Gasteiger partial charge in [-0.25, -0.2) is 14.6 Å². The molecule has 1 aliphatic heterocycles. The van der Waals surface area contributed by atoms with Gasteiger partial charge in [0, 0.05) is 10.6 Å². The number of hydrogen-bond acceptors (Lipinski definition) is 9. The average molecular weight is 661 g/mol. The van der Waals surface area contributed by atoms with E-state index >= 15 is 0 Å². The lowest BCUT2D eigenvalue weighted by atomic mass is 9.96. The van der Waals surface area contributed by atoms with Crippen molar-refractivity contribution >= 4 is 41.0 Å². The predicted molar refractivity (Wildman–Crippen MR) is 176 cm³/mol. The van der Waals surface area contributed by atoms with Crippen LogP contribution >= 0.6 is 22.9 Å². The van der Waals surface area contributed by atoms with Crippen molar-refractivity contribution in [2.24, 2.45) is 4.99 Å². The van der Waals surface area contributed by atoms with Crippen LogP contribution in [-0.2, 0) is 20.9 Å². The number of carbonyl (C=O) groups excluding carboxylic acids is 2. The highest BCUT2D eigenvalue weighted by molar-refractivity contribution is 7.07. The first-order valence-electron chi connectivity index (χ1n) is 14.8. The molecule has 0 radical (unpaired) electrons.